The van der Waals surface area contributed by atoms with Crippen LogP contribution in [0.25, 0.3) is 5.69 Å². The van der Waals surface area contributed by atoms with Gasteiger partial charge in [-0.3, -0.25) is 4.90 Å². The molecular formula is C21H22FN3O3. The molecule has 4 rings (SSSR count). The number of fused-ring (bicyclic) bond motifs is 1. The Morgan fingerprint density at radius 2 is 1.86 bits per heavy atom. The van der Waals surface area contributed by atoms with Gasteiger partial charge >= 0.3 is 0 Å². The standard InChI is InChI=1S/C21H22FN3O3/c1-15(26)10-24(11-16-2-7-20-21(8-16)28-14-27-20)12-17-9-23-25(13-17)19-5-3-18(22)4-6-19/h2-9,13,15,26H,10-12,14H2,1H3/t15-/m1/s1. The number of nitrogens with zero attached hydrogens (tertiary/aromatic N) is 3. The minimum Gasteiger partial charge on any atom is -0.454 e. The zero-order chi connectivity index (χ0) is 19.5. The minimum absolute atomic E-state index is 0.249. The van der Waals surface area contributed by atoms with Crippen molar-refractivity contribution in [1.29, 1.82) is 0 Å². The van der Waals surface area contributed by atoms with Crippen LogP contribution in [0.3, 0.4) is 0 Å². The second kappa shape index (κ2) is 8.00. The van der Waals surface area contributed by atoms with Crippen LogP contribution < -0.4 is 9.47 Å². The van der Waals surface area contributed by atoms with Gasteiger partial charge in [-0.1, -0.05) is 6.07 Å². The molecule has 2 heterocycles. The first kappa shape index (κ1) is 18.5. The lowest BCUT2D eigenvalue weighted by atomic mass is 10.1. The Balaban J connectivity index is 1.48. The van der Waals surface area contributed by atoms with Crippen molar-refractivity contribution in [2.24, 2.45) is 0 Å². The van der Waals surface area contributed by atoms with Gasteiger partial charge in [-0.25, -0.2) is 9.07 Å². The zero-order valence-electron chi connectivity index (χ0n) is 15.6. The molecule has 3 aromatic rings. The van der Waals surface area contributed by atoms with Crippen LogP contribution in [0.2, 0.25) is 0 Å². The first-order chi connectivity index (χ1) is 13.6. The van der Waals surface area contributed by atoms with Crippen molar-refractivity contribution in [2.45, 2.75) is 26.1 Å². The highest BCUT2D eigenvalue weighted by Crippen LogP contribution is 2.33. The molecule has 1 atom stereocenters. The van der Waals surface area contributed by atoms with Crippen LogP contribution in [-0.2, 0) is 13.1 Å². The molecule has 0 amide bonds. The molecule has 28 heavy (non-hydrogen) atoms. The number of hydrogen-bond donors (Lipinski definition) is 1. The molecule has 0 fully saturated rings. The lowest BCUT2D eigenvalue weighted by Gasteiger charge is -2.23. The van der Waals surface area contributed by atoms with Gasteiger partial charge in [0.05, 0.1) is 18.0 Å². The van der Waals surface area contributed by atoms with Crippen molar-refractivity contribution in [2.75, 3.05) is 13.3 Å². The van der Waals surface area contributed by atoms with Crippen LogP contribution in [0.5, 0.6) is 11.5 Å². The Hall–Kier alpha value is -2.90. The molecule has 1 aliphatic heterocycles. The van der Waals surface area contributed by atoms with E-state index in [4.69, 9.17) is 9.47 Å². The lowest BCUT2D eigenvalue weighted by Crippen LogP contribution is -2.30. The molecule has 0 saturated carbocycles. The Morgan fingerprint density at radius 3 is 2.64 bits per heavy atom. The van der Waals surface area contributed by atoms with E-state index >= 15 is 0 Å². The molecule has 7 heteroatoms. The summed E-state index contributed by atoms with van der Waals surface area (Å²) < 4.78 is 25.6. The molecule has 1 N–H and O–H groups in total. The van der Waals surface area contributed by atoms with Gasteiger partial charge < -0.3 is 14.6 Å². The fourth-order valence-corrected chi connectivity index (χ4v) is 3.29. The molecule has 1 aliphatic rings. The predicted molar refractivity (Wildman–Crippen MR) is 102 cm³/mol. The average Bonchev–Trinajstić information content (AvgIpc) is 3.31. The highest BCUT2D eigenvalue weighted by molar-refractivity contribution is 5.44. The van der Waals surface area contributed by atoms with Gasteiger partial charge in [0.2, 0.25) is 6.79 Å². The van der Waals surface area contributed by atoms with E-state index in [1.165, 1.54) is 12.1 Å². The van der Waals surface area contributed by atoms with Crippen molar-refractivity contribution in [1.82, 2.24) is 14.7 Å². The van der Waals surface area contributed by atoms with Crippen molar-refractivity contribution >= 4 is 0 Å². The van der Waals surface area contributed by atoms with E-state index in [1.54, 1.807) is 29.9 Å². The number of hydrogen-bond acceptors (Lipinski definition) is 5. The van der Waals surface area contributed by atoms with Crippen LogP contribution in [-0.4, -0.2) is 39.2 Å². The van der Waals surface area contributed by atoms with Crippen LogP contribution in [0.1, 0.15) is 18.1 Å². The Morgan fingerprint density at radius 1 is 1.11 bits per heavy atom. The summed E-state index contributed by atoms with van der Waals surface area (Å²) >= 11 is 0. The van der Waals surface area contributed by atoms with Gasteiger partial charge in [-0.2, -0.15) is 5.10 Å². The Bertz CT molecular complexity index is 940. The second-order valence-corrected chi connectivity index (χ2v) is 6.98. The molecule has 0 aliphatic carbocycles. The quantitative estimate of drug-likeness (QED) is 0.679. The molecule has 2 aromatic carbocycles. The van der Waals surface area contributed by atoms with Gasteiger partial charge in [0.1, 0.15) is 5.82 Å². The van der Waals surface area contributed by atoms with E-state index in [-0.39, 0.29) is 12.6 Å². The van der Waals surface area contributed by atoms with E-state index in [0.717, 1.165) is 28.3 Å². The smallest absolute Gasteiger partial charge is 0.231 e. The molecule has 0 radical (unpaired) electrons. The summed E-state index contributed by atoms with van der Waals surface area (Å²) in [6.45, 7) is 3.83. The first-order valence-corrected chi connectivity index (χ1v) is 9.15. The van der Waals surface area contributed by atoms with Crippen LogP contribution in [0.15, 0.2) is 54.9 Å². The lowest BCUT2D eigenvalue weighted by molar-refractivity contribution is 0.118. The third-order valence-corrected chi connectivity index (χ3v) is 4.50. The molecule has 146 valence electrons. The molecule has 0 spiro atoms. The van der Waals surface area contributed by atoms with E-state index in [9.17, 15) is 9.50 Å². The number of benzene rings is 2. The van der Waals surface area contributed by atoms with Crippen molar-refractivity contribution in [3.8, 4) is 17.2 Å². The Labute approximate surface area is 162 Å². The van der Waals surface area contributed by atoms with E-state index in [2.05, 4.69) is 10.00 Å². The molecule has 6 nitrogen and oxygen atoms in total. The molecule has 0 unspecified atom stereocenters. The largest absolute Gasteiger partial charge is 0.454 e. The summed E-state index contributed by atoms with van der Waals surface area (Å²) in [7, 11) is 0. The Kier molecular flexibility index (Phi) is 5.27. The number of aromatic nitrogens is 2. The summed E-state index contributed by atoms with van der Waals surface area (Å²) in [6, 6.07) is 12.1. The topological polar surface area (TPSA) is 59.8 Å². The van der Waals surface area contributed by atoms with E-state index < -0.39 is 6.10 Å². The number of ether oxygens (including phenoxy) is 2. The highest BCUT2D eigenvalue weighted by Gasteiger charge is 2.16. The zero-order valence-corrected chi connectivity index (χ0v) is 15.6. The average molecular weight is 383 g/mol. The molecular weight excluding hydrogens is 361 g/mol. The van der Waals surface area contributed by atoms with Crippen molar-refractivity contribution in [3.05, 3.63) is 71.8 Å². The maximum Gasteiger partial charge on any atom is 0.231 e. The number of aliphatic hydroxyl groups is 1. The first-order valence-electron chi connectivity index (χ1n) is 9.15. The maximum absolute atomic E-state index is 13.1. The third-order valence-electron chi connectivity index (χ3n) is 4.50. The fraction of sp³-hybridized carbons (Fsp3) is 0.286. The number of aliphatic hydroxyl groups excluding tert-OH is 1. The number of halogens is 1. The van der Waals surface area contributed by atoms with Crippen molar-refractivity contribution in [3.63, 3.8) is 0 Å². The van der Waals surface area contributed by atoms with Gasteiger partial charge in [0.15, 0.2) is 11.5 Å². The van der Waals surface area contributed by atoms with E-state index in [0.29, 0.717) is 19.6 Å². The van der Waals surface area contributed by atoms with Crippen LogP contribution >= 0.6 is 0 Å². The van der Waals surface area contributed by atoms with Crippen LogP contribution in [0.4, 0.5) is 4.39 Å². The molecule has 0 saturated heterocycles. The van der Waals surface area contributed by atoms with Gasteiger partial charge in [0, 0.05) is 31.4 Å². The van der Waals surface area contributed by atoms with Gasteiger partial charge in [-0.05, 0) is 48.9 Å². The van der Waals surface area contributed by atoms with Crippen LogP contribution in [0, 0.1) is 5.82 Å². The summed E-state index contributed by atoms with van der Waals surface area (Å²) in [4.78, 5) is 2.15. The monoisotopic (exact) mass is 383 g/mol. The predicted octanol–water partition coefficient (Wildman–Crippen LogP) is 3.12. The summed E-state index contributed by atoms with van der Waals surface area (Å²) in [5.74, 6) is 1.23. The normalized spacial score (nSPS) is 13.9. The van der Waals surface area contributed by atoms with Gasteiger partial charge in [0.25, 0.3) is 0 Å². The minimum atomic E-state index is -0.457. The number of rotatable bonds is 7. The fourth-order valence-electron chi connectivity index (χ4n) is 3.29. The molecule has 1 aromatic heterocycles. The second-order valence-electron chi connectivity index (χ2n) is 6.98. The molecule has 0 bridgehead atoms. The van der Waals surface area contributed by atoms with E-state index in [1.807, 2.05) is 24.4 Å². The van der Waals surface area contributed by atoms with Gasteiger partial charge in [-0.15, -0.1) is 0 Å². The summed E-state index contributed by atoms with van der Waals surface area (Å²) in [5.41, 5.74) is 2.88. The van der Waals surface area contributed by atoms with Crippen molar-refractivity contribution < 1.29 is 19.0 Å². The SMILES string of the molecule is C[C@@H](O)CN(Cc1ccc2c(c1)OCO2)Cc1cnn(-c2ccc(F)cc2)c1. The summed E-state index contributed by atoms with van der Waals surface area (Å²) in [5, 5.41) is 14.3. The summed E-state index contributed by atoms with van der Waals surface area (Å²) in [6.07, 6.45) is 3.25. The maximum atomic E-state index is 13.1. The third kappa shape index (κ3) is 4.32. The highest BCUT2D eigenvalue weighted by atomic mass is 19.1.